The molecule has 0 aromatic rings. The lowest BCUT2D eigenvalue weighted by molar-refractivity contribution is -0.139. The van der Waals surface area contributed by atoms with Gasteiger partial charge in [-0.1, -0.05) is 27.7 Å². The van der Waals surface area contributed by atoms with Crippen LogP contribution in [0, 0.1) is 0 Å². The second-order valence-electron chi connectivity index (χ2n) is 2.55. The van der Waals surface area contributed by atoms with E-state index in [1.54, 1.807) is 6.92 Å². The maximum absolute atomic E-state index is 11.2. The van der Waals surface area contributed by atoms with Gasteiger partial charge in [-0.05, 0) is 13.8 Å². The van der Waals surface area contributed by atoms with Crippen molar-refractivity contribution in [3.63, 3.8) is 0 Å². The van der Waals surface area contributed by atoms with Crippen molar-refractivity contribution in [3.05, 3.63) is 12.2 Å². The van der Waals surface area contributed by atoms with Crippen LogP contribution < -0.4 is 0 Å². The molecule has 84 valence electrons. The van der Waals surface area contributed by atoms with Crippen LogP contribution in [-0.2, 0) is 19.2 Å². The summed E-state index contributed by atoms with van der Waals surface area (Å²) >= 11 is 3.03. The van der Waals surface area contributed by atoms with Crippen LogP contribution >= 0.6 is 15.9 Å². The lowest BCUT2D eigenvalue weighted by Crippen LogP contribution is -2.20. The fourth-order valence-electron chi connectivity index (χ4n) is 0.505. The van der Waals surface area contributed by atoms with Crippen molar-refractivity contribution in [3.8, 4) is 0 Å². The molecule has 0 saturated heterocycles. The number of hydrogen-bond donors (Lipinski definition) is 0. The van der Waals surface area contributed by atoms with Gasteiger partial charge < -0.3 is 9.57 Å². The molecule has 5 nitrogen and oxygen atoms in total. The Kier molecular flexibility index (Phi) is 6.61. The molecular weight excluding hydrogens is 266 g/mol. The van der Waals surface area contributed by atoms with Crippen LogP contribution in [0.15, 0.2) is 17.3 Å². The second-order valence-corrected chi connectivity index (χ2v) is 3.11. The number of carbonyl (C=O) groups excluding carboxylic acids is 2. The third-order valence-electron chi connectivity index (χ3n) is 1.22. The topological polar surface area (TPSA) is 65.0 Å². The zero-order chi connectivity index (χ0) is 11.8. The van der Waals surface area contributed by atoms with Crippen molar-refractivity contribution < 1.29 is 19.2 Å². The van der Waals surface area contributed by atoms with E-state index in [4.69, 9.17) is 0 Å². The Morgan fingerprint density at radius 3 is 2.40 bits per heavy atom. The van der Waals surface area contributed by atoms with E-state index in [0.717, 1.165) is 0 Å². The van der Waals surface area contributed by atoms with Crippen LogP contribution in [-0.4, -0.2) is 29.6 Å². The average Bonchev–Trinajstić information content (AvgIpc) is 2.18. The first-order valence-electron chi connectivity index (χ1n) is 4.19. The molecule has 0 spiro atoms. The van der Waals surface area contributed by atoms with Gasteiger partial charge in [-0.2, -0.15) is 0 Å². The van der Waals surface area contributed by atoms with Gasteiger partial charge in [0.25, 0.3) is 0 Å². The van der Waals surface area contributed by atoms with Gasteiger partial charge in [0.2, 0.25) is 0 Å². The maximum Gasteiger partial charge on any atom is 0.360 e. The number of alkyl halides is 1. The Hall–Kier alpha value is -1.17. The fraction of sp³-hybridized carbons (Fsp3) is 0.444. The summed E-state index contributed by atoms with van der Waals surface area (Å²) in [4.78, 5) is 26.5. The van der Waals surface area contributed by atoms with Crippen molar-refractivity contribution >= 4 is 33.6 Å². The Morgan fingerprint density at radius 2 is 2.00 bits per heavy atom. The van der Waals surface area contributed by atoms with Crippen molar-refractivity contribution in [1.29, 1.82) is 0 Å². The minimum absolute atomic E-state index is 0.00792. The number of esters is 1. The van der Waals surface area contributed by atoms with Crippen LogP contribution in [0.5, 0.6) is 0 Å². The minimum Gasteiger partial charge on any atom is -0.461 e. The van der Waals surface area contributed by atoms with Crippen LogP contribution in [0.25, 0.3) is 0 Å². The highest BCUT2D eigenvalue weighted by molar-refractivity contribution is 9.09. The number of nitrogens with zero attached hydrogens (tertiary/aromatic N) is 1. The molecule has 0 aromatic carbocycles. The number of carbonyl (C=O) groups is 2. The van der Waals surface area contributed by atoms with Gasteiger partial charge in [-0.25, -0.2) is 9.59 Å². The van der Waals surface area contributed by atoms with Gasteiger partial charge in [-0.3, -0.25) is 0 Å². The van der Waals surface area contributed by atoms with E-state index >= 15 is 0 Å². The molecular formula is C9H12BrNO4. The monoisotopic (exact) mass is 277 g/mol. The maximum atomic E-state index is 11.2. The van der Waals surface area contributed by atoms with E-state index in [9.17, 15) is 9.59 Å². The summed E-state index contributed by atoms with van der Waals surface area (Å²) in [5.74, 6) is -1.30. The molecule has 0 aliphatic heterocycles. The molecule has 6 heteroatoms. The van der Waals surface area contributed by atoms with Crippen molar-refractivity contribution in [2.24, 2.45) is 5.16 Å². The van der Waals surface area contributed by atoms with E-state index < -0.39 is 11.9 Å². The molecule has 0 atom stereocenters. The van der Waals surface area contributed by atoms with Gasteiger partial charge in [0, 0.05) is 5.57 Å². The number of halogens is 1. The number of hydrogen-bond acceptors (Lipinski definition) is 5. The predicted octanol–water partition coefficient (Wildman–Crippen LogP) is 1.42. The predicted molar refractivity (Wildman–Crippen MR) is 58.8 cm³/mol. The highest BCUT2D eigenvalue weighted by atomic mass is 79.9. The molecule has 0 N–H and O–H groups in total. The molecule has 15 heavy (non-hydrogen) atoms. The molecule has 0 aliphatic rings. The van der Waals surface area contributed by atoms with E-state index in [0.29, 0.717) is 0 Å². The highest BCUT2D eigenvalue weighted by Gasteiger charge is 2.13. The van der Waals surface area contributed by atoms with Gasteiger partial charge in [0.15, 0.2) is 5.71 Å². The number of ether oxygens (including phenoxy) is 1. The first-order valence-corrected chi connectivity index (χ1v) is 5.31. The third kappa shape index (κ3) is 5.31. The fourth-order valence-corrected chi connectivity index (χ4v) is 0.836. The number of rotatable bonds is 5. The van der Waals surface area contributed by atoms with Crippen LogP contribution in [0.2, 0.25) is 0 Å². The summed E-state index contributed by atoms with van der Waals surface area (Å²) in [5, 5.41) is 3.51. The molecule has 0 radical (unpaired) electrons. The summed E-state index contributed by atoms with van der Waals surface area (Å²) in [6.45, 7) is 6.76. The lowest BCUT2D eigenvalue weighted by Gasteiger charge is -2.02. The summed E-state index contributed by atoms with van der Waals surface area (Å²) in [5.41, 5.74) is 0.197. The first kappa shape index (κ1) is 13.8. The minimum atomic E-state index is -0.683. The molecule has 0 fully saturated rings. The second kappa shape index (κ2) is 7.17. The van der Waals surface area contributed by atoms with E-state index in [1.807, 2.05) is 0 Å². The van der Waals surface area contributed by atoms with Gasteiger partial charge >= 0.3 is 11.9 Å². The molecule has 0 unspecified atom stereocenters. The summed E-state index contributed by atoms with van der Waals surface area (Å²) in [6, 6.07) is 0. The number of oxime groups is 1. The van der Waals surface area contributed by atoms with Gasteiger partial charge in [0.05, 0.1) is 11.9 Å². The summed E-state index contributed by atoms with van der Waals surface area (Å²) in [6.07, 6.45) is 0. The van der Waals surface area contributed by atoms with Crippen molar-refractivity contribution in [2.45, 2.75) is 13.8 Å². The van der Waals surface area contributed by atoms with Gasteiger partial charge in [-0.15, -0.1) is 0 Å². The average molecular weight is 278 g/mol. The van der Waals surface area contributed by atoms with E-state index in [-0.39, 0.29) is 23.2 Å². The van der Waals surface area contributed by atoms with Gasteiger partial charge in [0.1, 0.15) is 0 Å². The largest absolute Gasteiger partial charge is 0.461 e. The van der Waals surface area contributed by atoms with Crippen molar-refractivity contribution in [1.82, 2.24) is 0 Å². The Morgan fingerprint density at radius 1 is 1.40 bits per heavy atom. The Bertz CT molecular complexity index is 298. The third-order valence-corrected chi connectivity index (χ3v) is 1.76. The molecule has 0 saturated carbocycles. The zero-order valence-corrected chi connectivity index (χ0v) is 10.2. The molecule has 0 rings (SSSR count). The molecule has 0 amide bonds. The van der Waals surface area contributed by atoms with Crippen LogP contribution in [0.4, 0.5) is 0 Å². The SMILES string of the molecule is C=C(C)C(=O)ON=C(CBr)C(=O)OCC. The van der Waals surface area contributed by atoms with E-state index in [1.165, 1.54) is 6.92 Å². The first-order chi connectivity index (χ1) is 7.02. The smallest absolute Gasteiger partial charge is 0.360 e. The quantitative estimate of drug-likeness (QED) is 0.190. The van der Waals surface area contributed by atoms with Crippen LogP contribution in [0.1, 0.15) is 13.8 Å². The zero-order valence-electron chi connectivity index (χ0n) is 8.58. The Balaban J connectivity index is 4.40. The normalized spacial score (nSPS) is 10.7. The molecule has 0 heterocycles. The standard InChI is InChI=1S/C9H12BrNO4/c1-4-14-9(13)7(5-10)11-15-8(12)6(2)3/h2,4-5H2,1,3H3. The molecule has 0 aliphatic carbocycles. The summed E-state index contributed by atoms with van der Waals surface area (Å²) < 4.78 is 4.67. The Labute approximate surface area is 96.2 Å². The van der Waals surface area contributed by atoms with Crippen LogP contribution in [0.3, 0.4) is 0 Å². The van der Waals surface area contributed by atoms with Crippen molar-refractivity contribution in [2.75, 3.05) is 11.9 Å². The molecule has 0 aromatic heterocycles. The van der Waals surface area contributed by atoms with E-state index in [2.05, 4.69) is 37.2 Å². The lowest BCUT2D eigenvalue weighted by atomic mass is 10.4. The molecule has 0 bridgehead atoms. The summed E-state index contributed by atoms with van der Waals surface area (Å²) in [7, 11) is 0. The highest BCUT2D eigenvalue weighted by Crippen LogP contribution is 1.96.